The zero-order valence-electron chi connectivity index (χ0n) is 20.9. The Balaban J connectivity index is 1.20. The van der Waals surface area contributed by atoms with Crippen molar-refractivity contribution < 1.29 is 23.8 Å². The van der Waals surface area contributed by atoms with E-state index in [2.05, 4.69) is 10.2 Å². The van der Waals surface area contributed by atoms with Gasteiger partial charge in [0.25, 0.3) is 5.91 Å². The summed E-state index contributed by atoms with van der Waals surface area (Å²) in [6.07, 6.45) is 3.41. The molecule has 1 amide bonds. The van der Waals surface area contributed by atoms with E-state index in [9.17, 15) is 9.59 Å². The Bertz CT molecular complexity index is 1550. The average molecular weight is 565 g/mol. The molecule has 0 bridgehead atoms. The van der Waals surface area contributed by atoms with Gasteiger partial charge in [0.05, 0.1) is 16.0 Å². The number of hydrogen-bond donors (Lipinski definition) is 1. The highest BCUT2D eigenvalue weighted by molar-refractivity contribution is 7.22. The molecule has 0 saturated carbocycles. The molecule has 9 nitrogen and oxygen atoms in total. The van der Waals surface area contributed by atoms with Crippen LogP contribution in [-0.4, -0.2) is 48.3 Å². The molecule has 39 heavy (non-hydrogen) atoms. The molecule has 1 fully saturated rings. The molecule has 6 rings (SSSR count). The van der Waals surface area contributed by atoms with Gasteiger partial charge in [-0.05, 0) is 55.2 Å². The van der Waals surface area contributed by atoms with E-state index in [0.29, 0.717) is 38.1 Å². The Morgan fingerprint density at radius 1 is 1.03 bits per heavy atom. The van der Waals surface area contributed by atoms with Crippen molar-refractivity contribution in [2.24, 2.45) is 0 Å². The summed E-state index contributed by atoms with van der Waals surface area (Å²) in [6.45, 7) is 1.87. The van der Waals surface area contributed by atoms with E-state index in [1.165, 1.54) is 17.8 Å². The number of anilines is 1. The van der Waals surface area contributed by atoms with Gasteiger partial charge in [0.2, 0.25) is 6.79 Å². The first-order valence-electron chi connectivity index (χ1n) is 12.7. The number of benzene rings is 2. The van der Waals surface area contributed by atoms with Crippen molar-refractivity contribution in [2.75, 3.05) is 31.4 Å². The van der Waals surface area contributed by atoms with Crippen LogP contribution in [-0.2, 0) is 16.1 Å². The number of hydrogen-bond acceptors (Lipinski definition) is 9. The van der Waals surface area contributed by atoms with Crippen LogP contribution in [0, 0.1) is 0 Å². The van der Waals surface area contributed by atoms with Crippen LogP contribution in [0.1, 0.15) is 35.2 Å². The molecule has 0 spiro atoms. The zero-order chi connectivity index (χ0) is 26.8. The maximum Gasteiger partial charge on any atom is 0.340 e. The Labute approximate surface area is 233 Å². The number of carbonyl (C=O) groups excluding carboxylic acids is 2. The van der Waals surface area contributed by atoms with E-state index in [0.717, 1.165) is 42.2 Å². The molecule has 0 radical (unpaired) electrons. The summed E-state index contributed by atoms with van der Waals surface area (Å²) in [5.74, 6) is 0.280. The number of amides is 1. The molecule has 1 N–H and O–H groups in total. The summed E-state index contributed by atoms with van der Waals surface area (Å²) in [5, 5.41) is 4.16. The lowest BCUT2D eigenvalue weighted by molar-refractivity contribution is -0.124. The van der Waals surface area contributed by atoms with Crippen molar-refractivity contribution in [3.63, 3.8) is 0 Å². The van der Waals surface area contributed by atoms with Crippen LogP contribution in [0.3, 0.4) is 0 Å². The monoisotopic (exact) mass is 564 g/mol. The van der Waals surface area contributed by atoms with Crippen LogP contribution >= 0.6 is 22.9 Å². The highest BCUT2D eigenvalue weighted by Crippen LogP contribution is 2.35. The number of halogens is 1. The number of aromatic nitrogens is 2. The number of thiazole rings is 1. The number of piperidine rings is 1. The standard InChI is InChI=1S/C28H25ClN4O5S/c29-19-6-4-5-18(12-19)21-13-20(25-26(31-21)32-28(39-25)33-9-2-1-3-10-33)27(35)36-15-24(34)30-14-17-7-8-22-23(11-17)38-16-37-22/h4-8,11-13H,1-3,9-10,14-16H2,(H,30,34). The minimum atomic E-state index is -0.613. The van der Waals surface area contributed by atoms with Crippen LogP contribution < -0.4 is 19.7 Å². The number of esters is 1. The molecule has 200 valence electrons. The zero-order valence-corrected chi connectivity index (χ0v) is 22.5. The van der Waals surface area contributed by atoms with Gasteiger partial charge >= 0.3 is 5.97 Å². The second-order valence-corrected chi connectivity index (χ2v) is 10.7. The van der Waals surface area contributed by atoms with Gasteiger partial charge in [-0.2, -0.15) is 4.98 Å². The molecule has 4 aromatic rings. The molecule has 0 unspecified atom stereocenters. The molecule has 2 aromatic carbocycles. The number of rotatable bonds is 7. The Morgan fingerprint density at radius 3 is 2.72 bits per heavy atom. The van der Waals surface area contributed by atoms with Gasteiger partial charge < -0.3 is 24.4 Å². The molecular formula is C28H25ClN4O5S. The average Bonchev–Trinajstić information content (AvgIpc) is 3.61. The van der Waals surface area contributed by atoms with Crippen molar-refractivity contribution in [1.29, 1.82) is 0 Å². The molecule has 11 heteroatoms. The Kier molecular flexibility index (Phi) is 7.21. The molecule has 1 saturated heterocycles. The summed E-state index contributed by atoms with van der Waals surface area (Å²) >= 11 is 7.63. The van der Waals surface area contributed by atoms with Gasteiger partial charge in [-0.15, -0.1) is 0 Å². The van der Waals surface area contributed by atoms with E-state index in [-0.39, 0.29) is 13.3 Å². The number of nitrogens with one attached hydrogen (secondary N) is 1. The van der Waals surface area contributed by atoms with Crippen molar-refractivity contribution in [1.82, 2.24) is 15.3 Å². The molecule has 2 aliphatic heterocycles. The third kappa shape index (κ3) is 5.62. The highest BCUT2D eigenvalue weighted by Gasteiger charge is 2.23. The maximum atomic E-state index is 13.3. The van der Waals surface area contributed by atoms with E-state index >= 15 is 0 Å². The molecular weight excluding hydrogens is 540 g/mol. The summed E-state index contributed by atoms with van der Waals surface area (Å²) in [4.78, 5) is 37.5. The quantitative estimate of drug-likeness (QED) is 0.305. The van der Waals surface area contributed by atoms with Crippen LogP contribution in [0.15, 0.2) is 48.5 Å². The maximum absolute atomic E-state index is 13.3. The predicted molar refractivity (Wildman–Crippen MR) is 149 cm³/mol. The lowest BCUT2D eigenvalue weighted by Crippen LogP contribution is -2.29. The second-order valence-electron chi connectivity index (χ2n) is 9.30. The Morgan fingerprint density at radius 2 is 1.87 bits per heavy atom. The lowest BCUT2D eigenvalue weighted by atomic mass is 10.1. The van der Waals surface area contributed by atoms with Gasteiger partial charge in [0.15, 0.2) is 28.9 Å². The van der Waals surface area contributed by atoms with E-state index in [1.807, 2.05) is 24.3 Å². The number of pyridine rings is 1. The number of fused-ring (bicyclic) bond motifs is 2. The second kappa shape index (κ2) is 11.1. The van der Waals surface area contributed by atoms with Crippen molar-refractivity contribution in [3.05, 3.63) is 64.7 Å². The summed E-state index contributed by atoms with van der Waals surface area (Å²) in [7, 11) is 0. The van der Waals surface area contributed by atoms with E-state index in [1.54, 1.807) is 24.3 Å². The van der Waals surface area contributed by atoms with Gasteiger partial charge in [-0.3, -0.25) is 4.79 Å². The first kappa shape index (κ1) is 25.4. The largest absolute Gasteiger partial charge is 0.454 e. The van der Waals surface area contributed by atoms with Crippen LogP contribution in [0.5, 0.6) is 11.5 Å². The van der Waals surface area contributed by atoms with E-state index < -0.39 is 18.5 Å². The van der Waals surface area contributed by atoms with Crippen LogP contribution in [0.2, 0.25) is 5.02 Å². The van der Waals surface area contributed by atoms with Crippen LogP contribution in [0.25, 0.3) is 21.6 Å². The van der Waals surface area contributed by atoms with Gasteiger partial charge in [-0.25, -0.2) is 9.78 Å². The molecule has 0 atom stereocenters. The fraction of sp³-hybridized carbons (Fsp3) is 0.286. The summed E-state index contributed by atoms with van der Waals surface area (Å²) < 4.78 is 16.8. The lowest BCUT2D eigenvalue weighted by Gasteiger charge is -2.25. The molecule has 2 aromatic heterocycles. The van der Waals surface area contributed by atoms with Crippen LogP contribution in [0.4, 0.5) is 5.13 Å². The Hall–Kier alpha value is -3.89. The van der Waals surface area contributed by atoms with Crippen molar-refractivity contribution in [3.8, 4) is 22.8 Å². The summed E-state index contributed by atoms with van der Waals surface area (Å²) in [6, 6.07) is 14.4. The summed E-state index contributed by atoms with van der Waals surface area (Å²) in [5.41, 5.74) is 2.94. The highest BCUT2D eigenvalue weighted by atomic mass is 35.5. The topological polar surface area (TPSA) is 103 Å². The van der Waals surface area contributed by atoms with Gasteiger partial charge in [0.1, 0.15) is 0 Å². The molecule has 2 aliphatic rings. The van der Waals surface area contributed by atoms with Gasteiger partial charge in [0, 0.05) is 30.2 Å². The van der Waals surface area contributed by atoms with Crippen molar-refractivity contribution in [2.45, 2.75) is 25.8 Å². The normalized spacial score (nSPS) is 14.4. The number of ether oxygens (including phenoxy) is 3. The fourth-order valence-corrected chi connectivity index (χ4v) is 5.83. The van der Waals surface area contributed by atoms with Gasteiger partial charge in [-0.1, -0.05) is 41.1 Å². The third-order valence-electron chi connectivity index (χ3n) is 6.58. The van der Waals surface area contributed by atoms with Crippen molar-refractivity contribution >= 4 is 50.3 Å². The number of carbonyl (C=O) groups is 2. The number of nitrogens with zero attached hydrogens (tertiary/aromatic N) is 3. The SMILES string of the molecule is O=C(COC(=O)c1cc(-c2cccc(Cl)c2)nc2nc(N3CCCCC3)sc12)NCc1ccc2c(c1)OCO2. The predicted octanol–water partition coefficient (Wildman–Crippen LogP) is 5.20. The van der Waals surface area contributed by atoms with E-state index in [4.69, 9.17) is 35.8 Å². The first-order chi connectivity index (χ1) is 19.0. The molecule has 4 heterocycles. The smallest absolute Gasteiger partial charge is 0.340 e. The minimum Gasteiger partial charge on any atom is -0.454 e. The first-order valence-corrected chi connectivity index (χ1v) is 13.9. The third-order valence-corrected chi connectivity index (χ3v) is 7.95. The molecule has 0 aliphatic carbocycles. The minimum absolute atomic E-state index is 0.182. The fourth-order valence-electron chi connectivity index (χ4n) is 4.58.